The molecule has 1 saturated heterocycles. The molecule has 0 saturated carbocycles. The lowest BCUT2D eigenvalue weighted by atomic mass is 10.0. The van der Waals surface area contributed by atoms with Crippen molar-refractivity contribution >= 4 is 5.69 Å². The predicted molar refractivity (Wildman–Crippen MR) is 71.3 cm³/mol. The normalized spacial score (nSPS) is 18.2. The Kier molecular flexibility index (Phi) is 4.02. The Labute approximate surface area is 103 Å². The Hall–Kier alpha value is -1.06. The van der Waals surface area contributed by atoms with Crippen LogP contribution in [-0.2, 0) is 0 Å². The summed E-state index contributed by atoms with van der Waals surface area (Å²) in [5, 5.41) is 9.06. The van der Waals surface area contributed by atoms with Gasteiger partial charge in [0.25, 0.3) is 0 Å². The van der Waals surface area contributed by atoms with Crippen LogP contribution in [0.4, 0.5) is 5.69 Å². The number of piperidine rings is 1. The zero-order valence-corrected chi connectivity index (χ0v) is 10.5. The van der Waals surface area contributed by atoms with Gasteiger partial charge in [0.1, 0.15) is 0 Å². The molecule has 0 aromatic heterocycles. The minimum atomic E-state index is -0.260. The van der Waals surface area contributed by atoms with Crippen molar-refractivity contribution in [3.05, 3.63) is 29.3 Å². The van der Waals surface area contributed by atoms with E-state index < -0.39 is 0 Å². The first kappa shape index (κ1) is 12.4. The van der Waals surface area contributed by atoms with Crippen molar-refractivity contribution in [1.82, 2.24) is 0 Å². The Morgan fingerprint density at radius 1 is 1.29 bits per heavy atom. The van der Waals surface area contributed by atoms with Gasteiger partial charge in [-0.05, 0) is 43.4 Å². The Morgan fingerprint density at radius 3 is 2.59 bits per heavy atom. The number of nitrogens with zero attached hydrogens (tertiary/aromatic N) is 1. The van der Waals surface area contributed by atoms with Crippen molar-refractivity contribution in [2.75, 3.05) is 24.6 Å². The molecule has 94 valence electrons. The second-order valence-corrected chi connectivity index (χ2v) is 4.88. The quantitative estimate of drug-likeness (QED) is 0.840. The molecular weight excluding hydrogens is 212 g/mol. The van der Waals surface area contributed by atoms with Gasteiger partial charge in [0.15, 0.2) is 0 Å². The summed E-state index contributed by atoms with van der Waals surface area (Å²) >= 11 is 0. The number of benzene rings is 1. The highest BCUT2D eigenvalue weighted by Crippen LogP contribution is 2.26. The van der Waals surface area contributed by atoms with Gasteiger partial charge in [-0.3, -0.25) is 0 Å². The number of rotatable bonds is 3. The van der Waals surface area contributed by atoms with Crippen molar-refractivity contribution in [3.63, 3.8) is 0 Å². The zero-order valence-electron chi connectivity index (χ0n) is 10.5. The summed E-state index contributed by atoms with van der Waals surface area (Å²) in [6.07, 6.45) is 3.93. The van der Waals surface area contributed by atoms with Crippen LogP contribution in [-0.4, -0.2) is 24.8 Å². The molecule has 2 rings (SSSR count). The molecule has 17 heavy (non-hydrogen) atoms. The van der Waals surface area contributed by atoms with Crippen LogP contribution in [0.15, 0.2) is 18.2 Å². The molecule has 1 aliphatic rings. The molecule has 0 spiro atoms. The van der Waals surface area contributed by atoms with Crippen LogP contribution in [0.25, 0.3) is 0 Å². The van der Waals surface area contributed by atoms with Gasteiger partial charge in [0, 0.05) is 18.8 Å². The molecule has 3 N–H and O–H groups in total. The van der Waals surface area contributed by atoms with Crippen molar-refractivity contribution < 1.29 is 5.11 Å². The van der Waals surface area contributed by atoms with Crippen LogP contribution in [0.5, 0.6) is 0 Å². The van der Waals surface area contributed by atoms with E-state index in [4.69, 9.17) is 10.8 Å². The maximum absolute atomic E-state index is 9.06. The van der Waals surface area contributed by atoms with Crippen LogP contribution >= 0.6 is 0 Å². The molecule has 1 heterocycles. The average molecular weight is 234 g/mol. The fourth-order valence-electron chi connectivity index (χ4n) is 2.50. The van der Waals surface area contributed by atoms with Crippen LogP contribution < -0.4 is 10.6 Å². The van der Waals surface area contributed by atoms with Crippen molar-refractivity contribution in [2.24, 2.45) is 5.73 Å². The van der Waals surface area contributed by atoms with Crippen LogP contribution in [0, 0.1) is 6.92 Å². The third kappa shape index (κ3) is 2.79. The monoisotopic (exact) mass is 234 g/mol. The molecule has 3 nitrogen and oxygen atoms in total. The Balaban J connectivity index is 2.18. The molecule has 1 atom stereocenters. The van der Waals surface area contributed by atoms with Gasteiger partial charge in [-0.15, -0.1) is 0 Å². The predicted octanol–water partition coefficient (Wildman–Crippen LogP) is 1.98. The molecule has 0 amide bonds. The number of hydrogen-bond acceptors (Lipinski definition) is 3. The van der Waals surface area contributed by atoms with Crippen molar-refractivity contribution in [2.45, 2.75) is 32.2 Å². The average Bonchev–Trinajstić information content (AvgIpc) is 2.38. The summed E-state index contributed by atoms with van der Waals surface area (Å²) in [7, 11) is 0. The van der Waals surface area contributed by atoms with Crippen molar-refractivity contribution in [1.29, 1.82) is 0 Å². The van der Waals surface area contributed by atoms with E-state index in [0.29, 0.717) is 0 Å². The summed E-state index contributed by atoms with van der Waals surface area (Å²) in [6.45, 7) is 4.44. The first-order chi connectivity index (χ1) is 8.22. The van der Waals surface area contributed by atoms with Crippen LogP contribution in [0.1, 0.15) is 36.4 Å². The fraction of sp³-hybridized carbons (Fsp3) is 0.571. The molecular formula is C14H22N2O. The van der Waals surface area contributed by atoms with Gasteiger partial charge in [-0.2, -0.15) is 0 Å². The lowest BCUT2D eigenvalue weighted by molar-refractivity contribution is 0.268. The second kappa shape index (κ2) is 5.52. The number of aliphatic hydroxyl groups excluding tert-OH is 1. The maximum Gasteiger partial charge on any atom is 0.0624 e. The Morgan fingerprint density at radius 2 is 2.00 bits per heavy atom. The fourth-order valence-corrected chi connectivity index (χ4v) is 2.50. The minimum absolute atomic E-state index is 0.00248. The highest BCUT2D eigenvalue weighted by molar-refractivity contribution is 5.55. The van der Waals surface area contributed by atoms with Gasteiger partial charge < -0.3 is 15.7 Å². The SMILES string of the molecule is Cc1cc([C@H](N)CO)ccc1N1CCCCC1. The highest BCUT2D eigenvalue weighted by atomic mass is 16.3. The molecule has 0 unspecified atom stereocenters. The molecule has 0 aliphatic carbocycles. The van der Waals surface area contributed by atoms with E-state index in [1.165, 1.54) is 30.5 Å². The van der Waals surface area contributed by atoms with Crippen LogP contribution in [0.3, 0.4) is 0 Å². The van der Waals surface area contributed by atoms with E-state index in [1.807, 2.05) is 6.07 Å². The van der Waals surface area contributed by atoms with E-state index in [1.54, 1.807) is 0 Å². The standard InChI is InChI=1S/C14H22N2O/c1-11-9-12(13(15)10-17)5-6-14(11)16-7-3-2-4-8-16/h5-6,9,13,17H,2-4,7-8,10,15H2,1H3/t13-/m1/s1. The summed E-state index contributed by atoms with van der Waals surface area (Å²) in [5.74, 6) is 0. The Bertz CT molecular complexity index is 372. The summed E-state index contributed by atoms with van der Waals surface area (Å²) in [4.78, 5) is 2.45. The van der Waals surface area contributed by atoms with E-state index in [2.05, 4.69) is 24.0 Å². The summed E-state index contributed by atoms with van der Waals surface area (Å²) in [5.41, 5.74) is 9.42. The molecule has 0 radical (unpaired) electrons. The lowest BCUT2D eigenvalue weighted by Crippen LogP contribution is -2.30. The number of aryl methyl sites for hydroxylation is 1. The van der Waals surface area contributed by atoms with E-state index in [9.17, 15) is 0 Å². The minimum Gasteiger partial charge on any atom is -0.394 e. The van der Waals surface area contributed by atoms with Crippen molar-refractivity contribution in [3.8, 4) is 0 Å². The van der Waals surface area contributed by atoms with E-state index >= 15 is 0 Å². The van der Waals surface area contributed by atoms with E-state index in [-0.39, 0.29) is 12.6 Å². The molecule has 1 aromatic carbocycles. The molecule has 3 heteroatoms. The molecule has 1 aromatic rings. The van der Waals surface area contributed by atoms with Gasteiger partial charge in [-0.25, -0.2) is 0 Å². The van der Waals surface area contributed by atoms with E-state index in [0.717, 1.165) is 18.7 Å². The summed E-state index contributed by atoms with van der Waals surface area (Å²) < 4.78 is 0. The third-order valence-corrected chi connectivity index (χ3v) is 3.54. The van der Waals surface area contributed by atoms with Gasteiger partial charge in [-0.1, -0.05) is 12.1 Å². The number of aliphatic hydroxyl groups is 1. The first-order valence-corrected chi connectivity index (χ1v) is 6.44. The largest absolute Gasteiger partial charge is 0.394 e. The van der Waals surface area contributed by atoms with Crippen LogP contribution in [0.2, 0.25) is 0 Å². The van der Waals surface area contributed by atoms with Gasteiger partial charge in [0.2, 0.25) is 0 Å². The summed E-state index contributed by atoms with van der Waals surface area (Å²) in [6, 6.07) is 6.03. The second-order valence-electron chi connectivity index (χ2n) is 4.88. The van der Waals surface area contributed by atoms with Gasteiger partial charge >= 0.3 is 0 Å². The lowest BCUT2D eigenvalue weighted by Gasteiger charge is -2.30. The molecule has 1 fully saturated rings. The maximum atomic E-state index is 9.06. The molecule has 0 bridgehead atoms. The zero-order chi connectivity index (χ0) is 12.3. The van der Waals surface area contributed by atoms with Gasteiger partial charge in [0.05, 0.1) is 12.6 Å². The number of hydrogen-bond donors (Lipinski definition) is 2. The highest BCUT2D eigenvalue weighted by Gasteiger charge is 2.14. The first-order valence-electron chi connectivity index (χ1n) is 6.44. The topological polar surface area (TPSA) is 49.5 Å². The number of anilines is 1. The molecule has 1 aliphatic heterocycles. The smallest absolute Gasteiger partial charge is 0.0624 e. The number of nitrogens with two attached hydrogens (primary N) is 1. The third-order valence-electron chi connectivity index (χ3n) is 3.54.